The zero-order valence-corrected chi connectivity index (χ0v) is 21.1. The van der Waals surface area contributed by atoms with Gasteiger partial charge in [-0.3, -0.25) is 9.69 Å². The molecule has 1 saturated heterocycles. The molecule has 1 aromatic carbocycles. The summed E-state index contributed by atoms with van der Waals surface area (Å²) in [5.41, 5.74) is 1.90. The maximum absolute atomic E-state index is 11.8. The van der Waals surface area contributed by atoms with Crippen LogP contribution in [0.2, 0.25) is 0 Å². The number of amides is 1. The average Bonchev–Trinajstić information content (AvgIpc) is 2.71. The van der Waals surface area contributed by atoms with Gasteiger partial charge in [-0.2, -0.15) is 0 Å². The lowest BCUT2D eigenvalue weighted by Crippen LogP contribution is -2.56. The van der Waals surface area contributed by atoms with E-state index in [0.717, 1.165) is 63.0 Å². The maximum Gasteiger partial charge on any atom is 0.224 e. The lowest BCUT2D eigenvalue weighted by Gasteiger charge is -2.41. The highest BCUT2D eigenvalue weighted by atomic mass is 127. The highest BCUT2D eigenvalue weighted by Gasteiger charge is 2.28. The summed E-state index contributed by atoms with van der Waals surface area (Å²) in [6.45, 7) is 14.2. The van der Waals surface area contributed by atoms with Gasteiger partial charge in [-0.1, -0.05) is 19.1 Å². The first-order chi connectivity index (χ1) is 13.9. The van der Waals surface area contributed by atoms with E-state index in [-0.39, 0.29) is 35.4 Å². The number of guanidine groups is 1. The van der Waals surface area contributed by atoms with Crippen LogP contribution in [0.3, 0.4) is 0 Å². The van der Waals surface area contributed by atoms with E-state index in [1.54, 1.807) is 0 Å². The number of rotatable bonds is 9. The van der Waals surface area contributed by atoms with Crippen molar-refractivity contribution in [1.82, 2.24) is 15.5 Å². The summed E-state index contributed by atoms with van der Waals surface area (Å²) in [6, 6.07) is 7.88. The summed E-state index contributed by atoms with van der Waals surface area (Å²) < 4.78 is 5.47. The molecular formula is C22H38IN5O2. The van der Waals surface area contributed by atoms with Crippen molar-refractivity contribution in [2.24, 2.45) is 4.99 Å². The van der Waals surface area contributed by atoms with Crippen LogP contribution in [-0.2, 0) is 16.1 Å². The molecule has 1 fully saturated rings. The van der Waals surface area contributed by atoms with Crippen LogP contribution in [0.1, 0.15) is 46.1 Å². The van der Waals surface area contributed by atoms with Gasteiger partial charge in [0.15, 0.2) is 5.96 Å². The van der Waals surface area contributed by atoms with E-state index in [2.05, 4.69) is 41.6 Å². The fraction of sp³-hybridized carbons (Fsp3) is 0.636. The predicted octanol–water partition coefficient (Wildman–Crippen LogP) is 3.21. The molecule has 170 valence electrons. The van der Waals surface area contributed by atoms with E-state index < -0.39 is 0 Å². The van der Waals surface area contributed by atoms with Crippen LogP contribution >= 0.6 is 24.0 Å². The molecule has 1 amide bonds. The Balaban J connectivity index is 0.00000450. The van der Waals surface area contributed by atoms with E-state index in [1.807, 2.05) is 31.2 Å². The molecule has 8 heteroatoms. The summed E-state index contributed by atoms with van der Waals surface area (Å²) in [6.07, 6.45) is 1.38. The molecule has 7 nitrogen and oxygen atoms in total. The van der Waals surface area contributed by atoms with Crippen molar-refractivity contribution in [2.75, 3.05) is 44.7 Å². The van der Waals surface area contributed by atoms with E-state index in [0.29, 0.717) is 13.0 Å². The lowest BCUT2D eigenvalue weighted by atomic mass is 10.0. The third-order valence-corrected chi connectivity index (χ3v) is 5.01. The number of anilines is 1. The quantitative estimate of drug-likeness (QED) is 0.259. The molecule has 1 aliphatic rings. The minimum absolute atomic E-state index is 0. The van der Waals surface area contributed by atoms with E-state index in [4.69, 9.17) is 9.73 Å². The summed E-state index contributed by atoms with van der Waals surface area (Å²) in [4.78, 5) is 19.0. The molecule has 3 N–H and O–H groups in total. The van der Waals surface area contributed by atoms with Gasteiger partial charge in [0.2, 0.25) is 5.91 Å². The maximum atomic E-state index is 11.8. The number of benzene rings is 1. The third kappa shape index (κ3) is 9.18. The van der Waals surface area contributed by atoms with Gasteiger partial charge in [0.25, 0.3) is 0 Å². The van der Waals surface area contributed by atoms with Crippen LogP contribution in [0.5, 0.6) is 0 Å². The highest BCUT2D eigenvalue weighted by molar-refractivity contribution is 14.0. The normalized spacial score (nSPS) is 15.3. The number of morpholine rings is 1. The molecule has 0 aliphatic carbocycles. The topological polar surface area (TPSA) is 78.0 Å². The lowest BCUT2D eigenvalue weighted by molar-refractivity contribution is -0.116. The van der Waals surface area contributed by atoms with Crippen LogP contribution in [-0.4, -0.2) is 61.7 Å². The summed E-state index contributed by atoms with van der Waals surface area (Å²) in [5, 5.41) is 9.74. The minimum Gasteiger partial charge on any atom is -0.379 e. The van der Waals surface area contributed by atoms with Gasteiger partial charge >= 0.3 is 0 Å². The van der Waals surface area contributed by atoms with Gasteiger partial charge in [0.05, 0.1) is 19.8 Å². The van der Waals surface area contributed by atoms with Gasteiger partial charge in [-0.05, 0) is 44.9 Å². The predicted molar refractivity (Wildman–Crippen MR) is 135 cm³/mol. The van der Waals surface area contributed by atoms with Gasteiger partial charge in [0.1, 0.15) is 0 Å². The Bertz CT molecular complexity index is 675. The number of nitrogens with zero attached hydrogens (tertiary/aromatic N) is 2. The first-order valence-electron chi connectivity index (χ1n) is 10.7. The van der Waals surface area contributed by atoms with Crippen molar-refractivity contribution in [1.29, 1.82) is 0 Å². The number of halogens is 1. The first kappa shape index (κ1) is 26.6. The number of carbonyl (C=O) groups excluding carboxylic acids is 1. The number of carbonyl (C=O) groups is 1. The van der Waals surface area contributed by atoms with Crippen molar-refractivity contribution in [3.63, 3.8) is 0 Å². The van der Waals surface area contributed by atoms with E-state index in [9.17, 15) is 4.79 Å². The molecule has 0 aromatic heterocycles. The van der Waals surface area contributed by atoms with Crippen LogP contribution in [0.25, 0.3) is 0 Å². The van der Waals surface area contributed by atoms with Crippen LogP contribution in [0.15, 0.2) is 29.3 Å². The molecule has 1 aliphatic heterocycles. The van der Waals surface area contributed by atoms with Crippen molar-refractivity contribution < 1.29 is 9.53 Å². The molecular weight excluding hydrogens is 493 g/mol. The van der Waals surface area contributed by atoms with Gasteiger partial charge in [-0.15, -0.1) is 24.0 Å². The molecule has 1 heterocycles. The zero-order valence-electron chi connectivity index (χ0n) is 18.8. The molecule has 0 radical (unpaired) electrons. The average molecular weight is 531 g/mol. The van der Waals surface area contributed by atoms with Crippen molar-refractivity contribution in [3.8, 4) is 0 Å². The standard InChI is InChI=1S/C22H37N5O2.HI/c1-5-8-20(28)26-19-10-7-9-18(15-19)16-24-21(23-6-2)25-17-22(3,4)27-11-13-29-14-12-27;/h7,9-10,15H,5-6,8,11-14,16-17H2,1-4H3,(H,26,28)(H2,23,24,25);1H. The number of nitrogens with one attached hydrogen (secondary N) is 3. The van der Waals surface area contributed by atoms with Gasteiger partial charge < -0.3 is 20.7 Å². The number of aliphatic imine (C=N–C) groups is 1. The Kier molecular flexibility index (Phi) is 12.3. The Morgan fingerprint density at radius 2 is 1.93 bits per heavy atom. The molecule has 0 atom stereocenters. The summed E-state index contributed by atoms with van der Waals surface area (Å²) in [7, 11) is 0. The van der Waals surface area contributed by atoms with Crippen LogP contribution in [0.4, 0.5) is 5.69 Å². The molecule has 1 aromatic rings. The number of hydrogen-bond donors (Lipinski definition) is 3. The van der Waals surface area contributed by atoms with Gasteiger partial charge in [-0.25, -0.2) is 4.99 Å². The number of ether oxygens (including phenoxy) is 1. The molecule has 0 bridgehead atoms. The van der Waals surface area contributed by atoms with Crippen molar-refractivity contribution >= 4 is 41.5 Å². The van der Waals surface area contributed by atoms with Crippen molar-refractivity contribution in [2.45, 2.75) is 52.6 Å². The number of hydrogen-bond acceptors (Lipinski definition) is 4. The largest absolute Gasteiger partial charge is 0.379 e. The molecule has 0 unspecified atom stereocenters. The van der Waals surface area contributed by atoms with E-state index >= 15 is 0 Å². The van der Waals surface area contributed by atoms with Crippen LogP contribution in [0, 0.1) is 0 Å². The van der Waals surface area contributed by atoms with E-state index in [1.165, 1.54) is 0 Å². The second-order valence-electron chi connectivity index (χ2n) is 7.96. The fourth-order valence-electron chi connectivity index (χ4n) is 3.29. The smallest absolute Gasteiger partial charge is 0.224 e. The molecule has 0 saturated carbocycles. The Hall–Kier alpha value is -1.39. The first-order valence-corrected chi connectivity index (χ1v) is 10.7. The molecule has 2 rings (SSSR count). The third-order valence-electron chi connectivity index (χ3n) is 5.01. The van der Waals surface area contributed by atoms with Gasteiger partial charge in [0, 0.05) is 43.8 Å². The monoisotopic (exact) mass is 531 g/mol. The SMILES string of the molecule is CCCC(=O)Nc1cccc(CN=C(NCC)NCC(C)(C)N2CCOCC2)c1.I. The van der Waals surface area contributed by atoms with Crippen molar-refractivity contribution in [3.05, 3.63) is 29.8 Å². The minimum atomic E-state index is 0. The molecule has 0 spiro atoms. The molecule has 30 heavy (non-hydrogen) atoms. The van der Waals surface area contributed by atoms with Crippen LogP contribution < -0.4 is 16.0 Å². The highest BCUT2D eigenvalue weighted by Crippen LogP contribution is 2.15. The second-order valence-corrected chi connectivity index (χ2v) is 7.96. The zero-order chi connectivity index (χ0) is 21.1. The summed E-state index contributed by atoms with van der Waals surface area (Å²) in [5.74, 6) is 0.850. The Morgan fingerprint density at radius 1 is 1.20 bits per heavy atom. The fourth-order valence-corrected chi connectivity index (χ4v) is 3.29. The Morgan fingerprint density at radius 3 is 2.60 bits per heavy atom. The summed E-state index contributed by atoms with van der Waals surface area (Å²) >= 11 is 0. The second kappa shape index (κ2) is 13.8. The Labute approximate surface area is 198 Å².